The fourth-order valence-electron chi connectivity index (χ4n) is 3.74. The number of piperidine rings is 1. The van der Waals surface area contributed by atoms with E-state index >= 15 is 0 Å². The van der Waals surface area contributed by atoms with Gasteiger partial charge in [0.2, 0.25) is 0 Å². The molecule has 2 heterocycles. The summed E-state index contributed by atoms with van der Waals surface area (Å²) in [6.07, 6.45) is 1.97. The number of nitro groups is 1. The highest BCUT2D eigenvalue weighted by atomic mass is 16.6. The molecule has 0 radical (unpaired) electrons. The smallest absolute Gasteiger partial charge is 0.294 e. The van der Waals surface area contributed by atoms with Crippen molar-refractivity contribution in [2.45, 2.75) is 19.8 Å². The zero-order chi connectivity index (χ0) is 19.1. The van der Waals surface area contributed by atoms with Crippen molar-refractivity contribution < 1.29 is 14.5 Å². The number of fused-ring (bicyclic) bond motifs is 1. The lowest BCUT2D eigenvalue weighted by Gasteiger charge is -2.32. The second kappa shape index (κ2) is 6.50. The summed E-state index contributed by atoms with van der Waals surface area (Å²) >= 11 is 0. The molecule has 0 bridgehead atoms. The predicted molar refractivity (Wildman–Crippen MR) is 101 cm³/mol. The standard InChI is InChI=1S/C20H19N3O4/c1-13-8-10-21(11-9-13)17-7-6-14(12-18(17)23(26)27)22-19(24)15-4-2-3-5-16(15)20(22)25/h2-7,12-13H,8-11H2,1H3. The molecule has 2 aliphatic heterocycles. The van der Waals surface area contributed by atoms with Gasteiger partial charge in [-0.3, -0.25) is 19.7 Å². The molecule has 138 valence electrons. The first-order chi connectivity index (χ1) is 13.0. The van der Waals surface area contributed by atoms with E-state index in [1.54, 1.807) is 36.4 Å². The molecule has 0 spiro atoms. The molecule has 0 aromatic heterocycles. The maximum absolute atomic E-state index is 12.6. The van der Waals surface area contributed by atoms with Gasteiger partial charge in [0.1, 0.15) is 5.69 Å². The van der Waals surface area contributed by atoms with Crippen LogP contribution in [0.2, 0.25) is 0 Å². The Morgan fingerprint density at radius 2 is 1.59 bits per heavy atom. The van der Waals surface area contributed by atoms with E-state index in [0.29, 0.717) is 22.7 Å². The van der Waals surface area contributed by atoms with Crippen LogP contribution in [0.15, 0.2) is 42.5 Å². The number of hydrogen-bond donors (Lipinski definition) is 0. The van der Waals surface area contributed by atoms with E-state index in [-0.39, 0.29) is 11.4 Å². The van der Waals surface area contributed by atoms with Crippen LogP contribution in [-0.4, -0.2) is 29.8 Å². The number of benzene rings is 2. The van der Waals surface area contributed by atoms with E-state index in [0.717, 1.165) is 30.8 Å². The molecule has 0 N–H and O–H groups in total. The van der Waals surface area contributed by atoms with Gasteiger partial charge in [-0.25, -0.2) is 4.90 Å². The molecule has 4 rings (SSSR count). The molecule has 1 fully saturated rings. The number of hydrogen-bond acceptors (Lipinski definition) is 5. The van der Waals surface area contributed by atoms with Crippen LogP contribution in [0.5, 0.6) is 0 Å². The summed E-state index contributed by atoms with van der Waals surface area (Å²) in [5.74, 6) is -0.299. The summed E-state index contributed by atoms with van der Waals surface area (Å²) in [6.45, 7) is 3.69. The number of carbonyl (C=O) groups is 2. The van der Waals surface area contributed by atoms with Gasteiger partial charge in [0.15, 0.2) is 0 Å². The van der Waals surface area contributed by atoms with Crippen LogP contribution in [0.25, 0.3) is 0 Å². The Kier molecular flexibility index (Phi) is 4.14. The monoisotopic (exact) mass is 365 g/mol. The Morgan fingerprint density at radius 3 is 2.15 bits per heavy atom. The fourth-order valence-corrected chi connectivity index (χ4v) is 3.74. The number of carbonyl (C=O) groups excluding carboxylic acids is 2. The summed E-state index contributed by atoms with van der Waals surface area (Å²) < 4.78 is 0. The first-order valence-electron chi connectivity index (χ1n) is 8.98. The third kappa shape index (κ3) is 2.85. The van der Waals surface area contributed by atoms with Gasteiger partial charge in [-0.1, -0.05) is 19.1 Å². The van der Waals surface area contributed by atoms with Gasteiger partial charge in [0.05, 0.1) is 21.7 Å². The molecule has 7 nitrogen and oxygen atoms in total. The van der Waals surface area contributed by atoms with Gasteiger partial charge in [-0.2, -0.15) is 0 Å². The number of nitro benzene ring substituents is 1. The molecule has 27 heavy (non-hydrogen) atoms. The number of imide groups is 1. The number of anilines is 2. The van der Waals surface area contributed by atoms with Crippen molar-refractivity contribution in [1.29, 1.82) is 0 Å². The van der Waals surface area contributed by atoms with Gasteiger partial charge < -0.3 is 4.90 Å². The number of amides is 2. The maximum atomic E-state index is 12.6. The minimum atomic E-state index is -0.454. The van der Waals surface area contributed by atoms with E-state index in [4.69, 9.17) is 0 Å². The van der Waals surface area contributed by atoms with E-state index in [2.05, 4.69) is 6.92 Å². The molecule has 2 amide bonds. The van der Waals surface area contributed by atoms with Gasteiger partial charge in [-0.15, -0.1) is 0 Å². The molecular weight excluding hydrogens is 346 g/mol. The minimum absolute atomic E-state index is 0.0846. The first-order valence-corrected chi connectivity index (χ1v) is 8.98. The number of nitrogens with zero attached hydrogens (tertiary/aromatic N) is 3. The summed E-state index contributed by atoms with van der Waals surface area (Å²) in [7, 11) is 0. The average molecular weight is 365 g/mol. The van der Waals surface area contributed by atoms with Crippen LogP contribution >= 0.6 is 0 Å². The quantitative estimate of drug-likeness (QED) is 0.471. The lowest BCUT2D eigenvalue weighted by molar-refractivity contribution is -0.384. The maximum Gasteiger partial charge on any atom is 0.294 e. The van der Waals surface area contributed by atoms with Crippen molar-refractivity contribution >= 4 is 28.9 Å². The highest BCUT2D eigenvalue weighted by Gasteiger charge is 2.37. The van der Waals surface area contributed by atoms with Crippen LogP contribution in [0.3, 0.4) is 0 Å². The van der Waals surface area contributed by atoms with Gasteiger partial charge in [0, 0.05) is 19.2 Å². The van der Waals surface area contributed by atoms with Gasteiger partial charge in [0.25, 0.3) is 17.5 Å². The van der Waals surface area contributed by atoms with Crippen molar-refractivity contribution in [3.05, 3.63) is 63.7 Å². The fraction of sp³-hybridized carbons (Fsp3) is 0.300. The summed E-state index contributed by atoms with van der Waals surface area (Å²) in [5, 5.41) is 11.7. The number of rotatable bonds is 3. The summed E-state index contributed by atoms with van der Waals surface area (Å²) in [5.41, 5.74) is 1.31. The minimum Gasteiger partial charge on any atom is -0.366 e. The molecular formula is C20H19N3O4. The van der Waals surface area contributed by atoms with Gasteiger partial charge >= 0.3 is 0 Å². The van der Waals surface area contributed by atoms with Crippen LogP contribution in [0, 0.1) is 16.0 Å². The molecule has 0 aliphatic carbocycles. The lowest BCUT2D eigenvalue weighted by atomic mass is 9.98. The SMILES string of the molecule is CC1CCN(c2ccc(N3C(=O)c4ccccc4C3=O)cc2[N+](=O)[O-])CC1. The topological polar surface area (TPSA) is 83.8 Å². The largest absolute Gasteiger partial charge is 0.366 e. The molecule has 0 unspecified atom stereocenters. The highest BCUT2D eigenvalue weighted by Crippen LogP contribution is 2.37. The molecule has 2 aliphatic rings. The molecule has 0 saturated carbocycles. The molecule has 2 aromatic rings. The Labute approximate surface area is 156 Å². The van der Waals surface area contributed by atoms with Crippen molar-refractivity contribution in [3.8, 4) is 0 Å². The normalized spacial score (nSPS) is 17.4. The summed E-state index contributed by atoms with van der Waals surface area (Å²) in [6, 6.07) is 11.2. The van der Waals surface area contributed by atoms with Crippen molar-refractivity contribution in [1.82, 2.24) is 0 Å². The van der Waals surface area contributed by atoms with Crippen LogP contribution in [0.1, 0.15) is 40.5 Å². The Morgan fingerprint density at radius 1 is 1.00 bits per heavy atom. The highest BCUT2D eigenvalue weighted by molar-refractivity contribution is 6.34. The van der Waals surface area contributed by atoms with Crippen molar-refractivity contribution in [2.75, 3.05) is 22.9 Å². The third-order valence-electron chi connectivity index (χ3n) is 5.33. The van der Waals surface area contributed by atoms with Crippen LogP contribution in [0.4, 0.5) is 17.1 Å². The Hall–Kier alpha value is -3.22. The first kappa shape index (κ1) is 17.2. The Balaban J connectivity index is 1.71. The second-order valence-electron chi connectivity index (χ2n) is 7.09. The molecule has 1 saturated heterocycles. The van der Waals surface area contributed by atoms with E-state index in [9.17, 15) is 19.7 Å². The van der Waals surface area contributed by atoms with Gasteiger partial charge in [-0.05, 0) is 43.0 Å². The van der Waals surface area contributed by atoms with Crippen LogP contribution in [-0.2, 0) is 0 Å². The van der Waals surface area contributed by atoms with Crippen LogP contribution < -0.4 is 9.80 Å². The predicted octanol–water partition coefficient (Wildman–Crippen LogP) is 3.63. The van der Waals surface area contributed by atoms with E-state index in [1.165, 1.54) is 6.07 Å². The zero-order valence-electron chi connectivity index (χ0n) is 14.9. The zero-order valence-corrected chi connectivity index (χ0v) is 14.9. The molecule has 7 heteroatoms. The third-order valence-corrected chi connectivity index (χ3v) is 5.33. The van der Waals surface area contributed by atoms with Crippen molar-refractivity contribution in [3.63, 3.8) is 0 Å². The average Bonchev–Trinajstić information content (AvgIpc) is 2.93. The second-order valence-corrected chi connectivity index (χ2v) is 7.09. The molecule has 2 aromatic carbocycles. The summed E-state index contributed by atoms with van der Waals surface area (Å²) in [4.78, 5) is 39.5. The lowest BCUT2D eigenvalue weighted by Crippen LogP contribution is -2.33. The van der Waals surface area contributed by atoms with E-state index < -0.39 is 16.7 Å². The molecule has 0 atom stereocenters. The van der Waals surface area contributed by atoms with Crippen molar-refractivity contribution in [2.24, 2.45) is 5.92 Å². The van der Waals surface area contributed by atoms with E-state index in [1.807, 2.05) is 4.90 Å². The Bertz CT molecular complexity index is 913.